The summed E-state index contributed by atoms with van der Waals surface area (Å²) in [5, 5.41) is 0. The van der Waals surface area contributed by atoms with Crippen molar-refractivity contribution >= 4 is 21.6 Å². The van der Waals surface area contributed by atoms with Crippen LogP contribution in [0.5, 0.6) is 0 Å². The minimum atomic E-state index is -0.209. The van der Waals surface area contributed by atoms with Crippen LogP contribution in [0.25, 0.3) is 0 Å². The van der Waals surface area contributed by atoms with E-state index in [0.717, 1.165) is 27.8 Å². The highest BCUT2D eigenvalue weighted by Crippen LogP contribution is 2.29. The number of rotatable bonds is 4. The number of benzene rings is 2. The molecule has 0 saturated carbocycles. The normalized spacial score (nSPS) is 12.2. The minimum Gasteiger partial charge on any atom is -0.369 e. The standard InChI is InChI=1S/C16H18BrFN2/c1-11(19)13-5-8-16(15(17)9-13)20(2)10-12-3-6-14(18)7-4-12/h3-9,11H,10,19H2,1-2H3/t11-/m0/s1. The second-order valence-corrected chi connectivity index (χ2v) is 5.84. The van der Waals surface area contributed by atoms with Crippen LogP contribution in [0.1, 0.15) is 24.1 Å². The van der Waals surface area contributed by atoms with Crippen LogP contribution in [-0.4, -0.2) is 7.05 Å². The van der Waals surface area contributed by atoms with Gasteiger partial charge in [-0.15, -0.1) is 0 Å². The van der Waals surface area contributed by atoms with Gasteiger partial charge in [0.2, 0.25) is 0 Å². The molecule has 0 amide bonds. The van der Waals surface area contributed by atoms with E-state index in [1.165, 1.54) is 12.1 Å². The van der Waals surface area contributed by atoms with Crippen molar-refractivity contribution in [1.29, 1.82) is 0 Å². The molecule has 0 heterocycles. The highest BCUT2D eigenvalue weighted by molar-refractivity contribution is 9.10. The van der Waals surface area contributed by atoms with Gasteiger partial charge in [0.1, 0.15) is 5.82 Å². The zero-order valence-corrected chi connectivity index (χ0v) is 13.2. The lowest BCUT2D eigenvalue weighted by Gasteiger charge is -2.22. The average Bonchev–Trinajstić information content (AvgIpc) is 2.41. The van der Waals surface area contributed by atoms with Crippen molar-refractivity contribution < 1.29 is 4.39 Å². The van der Waals surface area contributed by atoms with E-state index in [4.69, 9.17) is 5.73 Å². The number of hydrogen-bond acceptors (Lipinski definition) is 2. The molecule has 0 aliphatic heterocycles. The molecule has 2 rings (SSSR count). The van der Waals surface area contributed by atoms with Gasteiger partial charge in [0.05, 0.1) is 5.69 Å². The summed E-state index contributed by atoms with van der Waals surface area (Å²) in [6, 6.07) is 12.7. The van der Waals surface area contributed by atoms with Crippen molar-refractivity contribution in [3.63, 3.8) is 0 Å². The van der Waals surface area contributed by atoms with E-state index >= 15 is 0 Å². The molecule has 0 saturated heterocycles. The summed E-state index contributed by atoms with van der Waals surface area (Å²) in [6.07, 6.45) is 0. The summed E-state index contributed by atoms with van der Waals surface area (Å²) in [5.74, 6) is -0.209. The van der Waals surface area contributed by atoms with Crippen LogP contribution >= 0.6 is 15.9 Å². The van der Waals surface area contributed by atoms with Gasteiger partial charge in [-0.2, -0.15) is 0 Å². The van der Waals surface area contributed by atoms with Crippen LogP contribution in [0.15, 0.2) is 46.9 Å². The molecule has 1 atom stereocenters. The first-order chi connectivity index (χ1) is 9.47. The topological polar surface area (TPSA) is 29.3 Å². The molecule has 0 aromatic heterocycles. The monoisotopic (exact) mass is 336 g/mol. The van der Waals surface area contributed by atoms with E-state index in [1.807, 2.05) is 32.2 Å². The molecule has 0 unspecified atom stereocenters. The molecule has 0 spiro atoms. The SMILES string of the molecule is C[C@H](N)c1ccc(N(C)Cc2ccc(F)cc2)c(Br)c1. The largest absolute Gasteiger partial charge is 0.369 e. The molecular weight excluding hydrogens is 319 g/mol. The highest BCUT2D eigenvalue weighted by atomic mass is 79.9. The Morgan fingerprint density at radius 1 is 1.20 bits per heavy atom. The maximum absolute atomic E-state index is 12.9. The van der Waals surface area contributed by atoms with Gasteiger partial charge in [0.25, 0.3) is 0 Å². The maximum Gasteiger partial charge on any atom is 0.123 e. The Hall–Kier alpha value is -1.39. The van der Waals surface area contributed by atoms with Crippen molar-refractivity contribution in [3.05, 3.63) is 63.9 Å². The fraction of sp³-hybridized carbons (Fsp3) is 0.250. The van der Waals surface area contributed by atoms with Gasteiger partial charge in [0.15, 0.2) is 0 Å². The van der Waals surface area contributed by atoms with Gasteiger partial charge >= 0.3 is 0 Å². The molecule has 0 radical (unpaired) electrons. The fourth-order valence-corrected chi connectivity index (χ4v) is 2.76. The van der Waals surface area contributed by atoms with Gasteiger partial charge in [-0.1, -0.05) is 18.2 Å². The molecule has 4 heteroatoms. The lowest BCUT2D eigenvalue weighted by molar-refractivity contribution is 0.627. The molecule has 0 aliphatic carbocycles. The van der Waals surface area contributed by atoms with Crippen LogP contribution < -0.4 is 10.6 Å². The third-order valence-corrected chi connectivity index (χ3v) is 3.88. The van der Waals surface area contributed by atoms with Gasteiger partial charge in [-0.25, -0.2) is 4.39 Å². The summed E-state index contributed by atoms with van der Waals surface area (Å²) in [5.41, 5.74) is 9.12. The fourth-order valence-electron chi connectivity index (χ4n) is 2.06. The van der Waals surface area contributed by atoms with E-state index in [9.17, 15) is 4.39 Å². The lowest BCUT2D eigenvalue weighted by Crippen LogP contribution is -2.17. The van der Waals surface area contributed by atoms with E-state index in [2.05, 4.69) is 20.8 Å². The Labute approximate surface area is 127 Å². The van der Waals surface area contributed by atoms with E-state index in [0.29, 0.717) is 0 Å². The number of halogens is 2. The van der Waals surface area contributed by atoms with Gasteiger partial charge in [-0.05, 0) is 58.2 Å². The van der Waals surface area contributed by atoms with Crippen molar-refractivity contribution in [3.8, 4) is 0 Å². The first-order valence-electron chi connectivity index (χ1n) is 6.48. The third-order valence-electron chi connectivity index (χ3n) is 3.24. The zero-order valence-electron chi connectivity index (χ0n) is 11.6. The second-order valence-electron chi connectivity index (χ2n) is 4.98. The smallest absolute Gasteiger partial charge is 0.123 e. The number of anilines is 1. The molecular formula is C16H18BrFN2. The molecule has 20 heavy (non-hydrogen) atoms. The molecule has 0 fully saturated rings. The number of hydrogen-bond donors (Lipinski definition) is 1. The molecule has 2 nitrogen and oxygen atoms in total. The third kappa shape index (κ3) is 3.58. The quantitative estimate of drug-likeness (QED) is 0.904. The van der Waals surface area contributed by atoms with Gasteiger partial charge in [-0.3, -0.25) is 0 Å². The Morgan fingerprint density at radius 2 is 1.85 bits per heavy atom. The summed E-state index contributed by atoms with van der Waals surface area (Å²) in [6.45, 7) is 2.68. The average molecular weight is 337 g/mol. The predicted octanol–water partition coefficient (Wildman–Crippen LogP) is 4.24. The first-order valence-corrected chi connectivity index (χ1v) is 7.27. The number of nitrogens with two attached hydrogens (primary N) is 1. The molecule has 2 aromatic carbocycles. The molecule has 0 aliphatic rings. The van der Waals surface area contributed by atoms with E-state index in [1.54, 1.807) is 12.1 Å². The lowest BCUT2D eigenvalue weighted by atomic mass is 10.1. The van der Waals surface area contributed by atoms with Crippen LogP contribution in [0.2, 0.25) is 0 Å². The van der Waals surface area contributed by atoms with Gasteiger partial charge in [0, 0.05) is 24.1 Å². The van der Waals surface area contributed by atoms with Crippen LogP contribution in [0.3, 0.4) is 0 Å². The molecule has 2 aromatic rings. The van der Waals surface area contributed by atoms with Crippen LogP contribution in [0.4, 0.5) is 10.1 Å². The van der Waals surface area contributed by atoms with Crippen molar-refractivity contribution in [1.82, 2.24) is 0 Å². The maximum atomic E-state index is 12.9. The summed E-state index contributed by atoms with van der Waals surface area (Å²) in [4.78, 5) is 2.11. The van der Waals surface area contributed by atoms with Gasteiger partial charge < -0.3 is 10.6 Å². The predicted molar refractivity (Wildman–Crippen MR) is 85.3 cm³/mol. The summed E-state index contributed by atoms with van der Waals surface area (Å²) in [7, 11) is 2.01. The molecule has 2 N–H and O–H groups in total. The summed E-state index contributed by atoms with van der Waals surface area (Å²) < 4.78 is 13.9. The van der Waals surface area contributed by atoms with Crippen molar-refractivity contribution in [2.45, 2.75) is 19.5 Å². The van der Waals surface area contributed by atoms with Crippen LogP contribution in [0, 0.1) is 5.82 Å². The highest BCUT2D eigenvalue weighted by Gasteiger charge is 2.09. The second kappa shape index (κ2) is 6.37. The Balaban J connectivity index is 2.16. The van der Waals surface area contributed by atoms with E-state index < -0.39 is 0 Å². The Kier molecular flexibility index (Phi) is 4.78. The Morgan fingerprint density at radius 3 is 2.40 bits per heavy atom. The zero-order chi connectivity index (χ0) is 14.7. The summed E-state index contributed by atoms with van der Waals surface area (Å²) >= 11 is 3.58. The molecule has 0 bridgehead atoms. The number of nitrogens with zero attached hydrogens (tertiary/aromatic N) is 1. The molecule has 106 valence electrons. The van der Waals surface area contributed by atoms with E-state index in [-0.39, 0.29) is 11.9 Å². The van der Waals surface area contributed by atoms with Crippen LogP contribution in [-0.2, 0) is 6.54 Å². The minimum absolute atomic E-state index is 0.0164. The van der Waals surface area contributed by atoms with Crippen molar-refractivity contribution in [2.75, 3.05) is 11.9 Å². The Bertz CT molecular complexity index is 582. The first kappa shape index (κ1) is 15.0. The van der Waals surface area contributed by atoms with Crippen molar-refractivity contribution in [2.24, 2.45) is 5.73 Å².